The average molecular weight is 409 g/mol. The molecule has 0 radical (unpaired) electrons. The van der Waals surface area contributed by atoms with Crippen LogP contribution in [-0.2, 0) is 16.1 Å². The van der Waals surface area contributed by atoms with E-state index in [0.717, 1.165) is 29.5 Å². The molecule has 1 atom stereocenters. The molecule has 0 aliphatic carbocycles. The first kappa shape index (κ1) is 20.0. The van der Waals surface area contributed by atoms with E-state index in [1.807, 2.05) is 13.0 Å². The topological polar surface area (TPSA) is 105 Å². The highest BCUT2D eigenvalue weighted by Crippen LogP contribution is 2.24. The standard InChI is InChI=1S/C21H23N5O4/c1-13-11-18(25-7-9-30-10-8-25)24-17(23-13)12-22-19(27)14(2)26-20(28)15-5-3-4-6-16(15)21(26)29/h3-6,11,14H,7-10,12H2,1-2H3,(H,22,27). The summed E-state index contributed by atoms with van der Waals surface area (Å²) in [5.74, 6) is -0.0929. The van der Waals surface area contributed by atoms with Crippen LogP contribution in [0.1, 0.15) is 39.2 Å². The smallest absolute Gasteiger partial charge is 0.262 e. The highest BCUT2D eigenvalue weighted by atomic mass is 16.5. The molecule has 3 amide bonds. The van der Waals surface area contributed by atoms with Crippen molar-refractivity contribution >= 4 is 23.5 Å². The fraction of sp³-hybridized carbons (Fsp3) is 0.381. The Bertz CT molecular complexity index is 968. The summed E-state index contributed by atoms with van der Waals surface area (Å²) >= 11 is 0. The fourth-order valence-electron chi connectivity index (χ4n) is 3.64. The molecule has 1 aromatic carbocycles. The van der Waals surface area contributed by atoms with Crippen LogP contribution in [0.2, 0.25) is 0 Å². The van der Waals surface area contributed by atoms with Gasteiger partial charge in [-0.25, -0.2) is 9.97 Å². The van der Waals surface area contributed by atoms with Crippen molar-refractivity contribution in [3.05, 3.63) is 53.0 Å². The Balaban J connectivity index is 1.43. The molecule has 30 heavy (non-hydrogen) atoms. The summed E-state index contributed by atoms with van der Waals surface area (Å²) in [4.78, 5) is 49.9. The van der Waals surface area contributed by atoms with Gasteiger partial charge in [-0.05, 0) is 26.0 Å². The summed E-state index contributed by atoms with van der Waals surface area (Å²) < 4.78 is 5.37. The van der Waals surface area contributed by atoms with E-state index >= 15 is 0 Å². The maximum Gasteiger partial charge on any atom is 0.262 e. The minimum atomic E-state index is -0.944. The number of hydrogen-bond donors (Lipinski definition) is 1. The number of carbonyl (C=O) groups is 3. The zero-order valence-electron chi connectivity index (χ0n) is 16.9. The number of aromatic nitrogens is 2. The van der Waals surface area contributed by atoms with Crippen molar-refractivity contribution < 1.29 is 19.1 Å². The molecule has 9 nitrogen and oxygen atoms in total. The normalized spacial score (nSPS) is 17.1. The number of aryl methyl sites for hydroxylation is 1. The zero-order valence-corrected chi connectivity index (χ0v) is 16.9. The summed E-state index contributed by atoms with van der Waals surface area (Å²) in [5, 5.41) is 2.75. The number of hydrogen-bond acceptors (Lipinski definition) is 7. The Hall–Kier alpha value is -3.33. The minimum absolute atomic E-state index is 0.103. The first-order valence-corrected chi connectivity index (χ1v) is 9.87. The van der Waals surface area contributed by atoms with Gasteiger partial charge in [0.1, 0.15) is 17.7 Å². The molecule has 1 aromatic heterocycles. The second-order valence-electron chi connectivity index (χ2n) is 7.30. The number of nitrogens with zero attached hydrogens (tertiary/aromatic N) is 4. The molecule has 1 unspecified atom stereocenters. The maximum atomic E-state index is 12.7. The highest BCUT2D eigenvalue weighted by molar-refractivity contribution is 6.22. The number of fused-ring (bicyclic) bond motifs is 1. The molecule has 1 N–H and O–H groups in total. The maximum absolute atomic E-state index is 12.7. The molecular weight excluding hydrogens is 386 g/mol. The average Bonchev–Trinajstić information content (AvgIpc) is 3.02. The third kappa shape index (κ3) is 3.76. The third-order valence-corrected chi connectivity index (χ3v) is 5.24. The highest BCUT2D eigenvalue weighted by Gasteiger charge is 2.40. The largest absolute Gasteiger partial charge is 0.378 e. The Morgan fingerprint density at radius 3 is 2.40 bits per heavy atom. The molecule has 3 heterocycles. The van der Waals surface area contributed by atoms with E-state index in [1.54, 1.807) is 24.3 Å². The molecule has 2 aromatic rings. The SMILES string of the molecule is Cc1cc(N2CCOCC2)nc(CNC(=O)C(C)N2C(=O)c3ccccc3C2=O)n1. The Morgan fingerprint density at radius 1 is 1.13 bits per heavy atom. The fourth-order valence-corrected chi connectivity index (χ4v) is 3.64. The van der Waals surface area contributed by atoms with Gasteiger partial charge in [0, 0.05) is 24.8 Å². The van der Waals surface area contributed by atoms with Crippen molar-refractivity contribution in [2.24, 2.45) is 0 Å². The van der Waals surface area contributed by atoms with Crippen LogP contribution in [0, 0.1) is 6.92 Å². The van der Waals surface area contributed by atoms with Crippen LogP contribution in [0.4, 0.5) is 5.82 Å². The van der Waals surface area contributed by atoms with Gasteiger partial charge in [0.05, 0.1) is 30.9 Å². The summed E-state index contributed by atoms with van der Waals surface area (Å²) in [7, 11) is 0. The van der Waals surface area contributed by atoms with Crippen molar-refractivity contribution in [2.45, 2.75) is 26.4 Å². The van der Waals surface area contributed by atoms with E-state index < -0.39 is 23.8 Å². The van der Waals surface area contributed by atoms with E-state index in [4.69, 9.17) is 4.74 Å². The number of amides is 3. The van der Waals surface area contributed by atoms with Gasteiger partial charge < -0.3 is 15.0 Å². The first-order chi connectivity index (χ1) is 14.5. The monoisotopic (exact) mass is 409 g/mol. The lowest BCUT2D eigenvalue weighted by Gasteiger charge is -2.28. The Kier molecular flexibility index (Phi) is 5.45. The van der Waals surface area contributed by atoms with Gasteiger partial charge in [-0.15, -0.1) is 0 Å². The quantitative estimate of drug-likeness (QED) is 0.732. The number of nitrogens with one attached hydrogen (secondary N) is 1. The molecule has 1 fully saturated rings. The van der Waals surface area contributed by atoms with Crippen LogP contribution in [0.25, 0.3) is 0 Å². The van der Waals surface area contributed by atoms with Gasteiger partial charge in [-0.1, -0.05) is 12.1 Å². The van der Waals surface area contributed by atoms with Gasteiger partial charge in [0.2, 0.25) is 5.91 Å². The lowest BCUT2D eigenvalue weighted by molar-refractivity contribution is -0.124. The molecule has 2 aliphatic rings. The van der Waals surface area contributed by atoms with Gasteiger partial charge in [0.15, 0.2) is 0 Å². The lowest BCUT2D eigenvalue weighted by Crippen LogP contribution is -2.47. The second-order valence-corrected chi connectivity index (χ2v) is 7.30. The molecule has 156 valence electrons. The number of ether oxygens (including phenoxy) is 1. The molecule has 0 spiro atoms. The van der Waals surface area contributed by atoms with E-state index in [2.05, 4.69) is 20.2 Å². The molecular formula is C21H23N5O4. The number of imide groups is 1. The Labute approximate surface area is 174 Å². The predicted molar refractivity (Wildman–Crippen MR) is 108 cm³/mol. The van der Waals surface area contributed by atoms with Crippen molar-refractivity contribution in [1.82, 2.24) is 20.2 Å². The number of morpholine rings is 1. The molecule has 4 rings (SSSR count). The first-order valence-electron chi connectivity index (χ1n) is 9.87. The Morgan fingerprint density at radius 2 is 1.77 bits per heavy atom. The van der Waals surface area contributed by atoms with E-state index in [0.29, 0.717) is 30.2 Å². The molecule has 9 heteroatoms. The zero-order chi connectivity index (χ0) is 21.3. The van der Waals surface area contributed by atoms with E-state index in [-0.39, 0.29) is 6.54 Å². The molecule has 1 saturated heterocycles. The van der Waals surface area contributed by atoms with Crippen LogP contribution in [0.3, 0.4) is 0 Å². The third-order valence-electron chi connectivity index (χ3n) is 5.24. The minimum Gasteiger partial charge on any atom is -0.378 e. The van der Waals surface area contributed by atoms with Crippen molar-refractivity contribution in [3.63, 3.8) is 0 Å². The van der Waals surface area contributed by atoms with Gasteiger partial charge in [-0.2, -0.15) is 0 Å². The number of carbonyl (C=O) groups excluding carboxylic acids is 3. The van der Waals surface area contributed by atoms with Crippen molar-refractivity contribution in [3.8, 4) is 0 Å². The summed E-state index contributed by atoms with van der Waals surface area (Å²) in [6.07, 6.45) is 0. The second kappa shape index (κ2) is 8.19. The van der Waals surface area contributed by atoms with E-state index in [1.165, 1.54) is 6.92 Å². The van der Waals surface area contributed by atoms with Gasteiger partial charge in [-0.3, -0.25) is 19.3 Å². The summed E-state index contributed by atoms with van der Waals surface area (Å²) in [6, 6.07) is 7.53. The van der Waals surface area contributed by atoms with Crippen LogP contribution < -0.4 is 10.2 Å². The number of rotatable bonds is 5. The van der Waals surface area contributed by atoms with Crippen molar-refractivity contribution in [1.29, 1.82) is 0 Å². The number of benzene rings is 1. The van der Waals surface area contributed by atoms with E-state index in [9.17, 15) is 14.4 Å². The van der Waals surface area contributed by atoms with Gasteiger partial charge in [0.25, 0.3) is 11.8 Å². The lowest BCUT2D eigenvalue weighted by atomic mass is 10.1. The molecule has 0 saturated carbocycles. The van der Waals surface area contributed by atoms with Crippen molar-refractivity contribution in [2.75, 3.05) is 31.2 Å². The molecule has 2 aliphatic heterocycles. The number of anilines is 1. The van der Waals surface area contributed by atoms with Crippen LogP contribution in [0.5, 0.6) is 0 Å². The van der Waals surface area contributed by atoms with Crippen LogP contribution >= 0.6 is 0 Å². The molecule has 0 bridgehead atoms. The predicted octanol–water partition coefficient (Wildman–Crippen LogP) is 0.923. The summed E-state index contributed by atoms with van der Waals surface area (Å²) in [5.41, 5.74) is 1.43. The van der Waals surface area contributed by atoms with Crippen LogP contribution in [-0.4, -0.2) is 64.9 Å². The van der Waals surface area contributed by atoms with Crippen LogP contribution in [0.15, 0.2) is 30.3 Å². The summed E-state index contributed by atoms with van der Waals surface area (Å²) in [6.45, 7) is 6.30. The van der Waals surface area contributed by atoms with Gasteiger partial charge >= 0.3 is 0 Å².